The first-order chi connectivity index (χ1) is 20.9. The third kappa shape index (κ3) is 7.57. The van der Waals surface area contributed by atoms with E-state index in [1.54, 1.807) is 43.5 Å². The zero-order chi connectivity index (χ0) is 31.6. The Morgan fingerprint density at radius 1 is 1.20 bits per heavy atom. The molecule has 0 aliphatic carbocycles. The number of aryl methyl sites for hydroxylation is 1. The molecule has 9 nitrogen and oxygen atoms in total. The third-order valence-electron chi connectivity index (χ3n) is 7.86. The molecule has 1 fully saturated rings. The number of hydrogen-bond donors (Lipinski definition) is 3. The molecular weight excluding hydrogens is 603 g/mol. The largest absolute Gasteiger partial charge is 0.388 e. The van der Waals surface area contributed by atoms with Crippen molar-refractivity contribution in [3.63, 3.8) is 0 Å². The Morgan fingerprint density at radius 2 is 1.95 bits per heavy atom. The smallest absolute Gasteiger partial charge is 0.354 e. The van der Waals surface area contributed by atoms with Gasteiger partial charge >= 0.3 is 5.69 Å². The van der Waals surface area contributed by atoms with E-state index in [0.717, 1.165) is 30.4 Å². The Labute approximate surface area is 261 Å². The van der Waals surface area contributed by atoms with Crippen LogP contribution in [-0.2, 0) is 16.3 Å². The lowest BCUT2D eigenvalue weighted by molar-refractivity contribution is 0.433. The van der Waals surface area contributed by atoms with Crippen molar-refractivity contribution in [2.24, 2.45) is 16.6 Å². The molecule has 1 aliphatic heterocycles. The van der Waals surface area contributed by atoms with Gasteiger partial charge in [0.05, 0.1) is 33.7 Å². The van der Waals surface area contributed by atoms with E-state index in [1.807, 2.05) is 12.1 Å². The maximum atomic E-state index is 15.1. The minimum Gasteiger partial charge on any atom is -0.388 e. The predicted molar refractivity (Wildman–Crippen MR) is 175 cm³/mol. The summed E-state index contributed by atoms with van der Waals surface area (Å²) in [6, 6.07) is 11.8. The van der Waals surface area contributed by atoms with E-state index in [9.17, 15) is 13.2 Å². The van der Waals surface area contributed by atoms with Crippen molar-refractivity contribution >= 4 is 38.3 Å². The van der Waals surface area contributed by atoms with Gasteiger partial charge in [-0.05, 0) is 73.6 Å². The molecule has 3 heterocycles. The van der Waals surface area contributed by atoms with E-state index in [1.165, 1.54) is 4.57 Å². The Bertz CT molecular complexity index is 1850. The Kier molecular flexibility index (Phi) is 9.57. The summed E-state index contributed by atoms with van der Waals surface area (Å²) < 4.78 is 41.8. The van der Waals surface area contributed by atoms with Gasteiger partial charge in [-0.1, -0.05) is 44.0 Å². The predicted octanol–water partition coefficient (Wildman–Crippen LogP) is 5.35. The standard InChI is InChI=1S/C32H38ClFN6O3S/c1-19(2)5-4-6-21-13-26(30(34)27(33)14-21)28-15-23-16-40(32(41)39-31(23)38-28)25-9-7-22(8-10-25)29-18-44(42,43)17-24(37-29)11-12-36-20(3)35/h7-10,13-16,19,24,29,37H,4-6,11-12,17-18H2,1-3H3,(H2,35,36)(H,38,39,41)/t24-,29-/m0/s1. The molecule has 2 aromatic heterocycles. The molecule has 44 heavy (non-hydrogen) atoms. The third-order valence-corrected chi connectivity index (χ3v) is 9.88. The Hall–Kier alpha value is -3.54. The van der Waals surface area contributed by atoms with Gasteiger partial charge < -0.3 is 16.0 Å². The van der Waals surface area contributed by atoms with Crippen molar-refractivity contribution in [1.29, 1.82) is 0 Å². The van der Waals surface area contributed by atoms with Gasteiger partial charge in [0.15, 0.2) is 15.7 Å². The molecule has 12 heteroatoms. The van der Waals surface area contributed by atoms with Gasteiger partial charge in [-0.25, -0.2) is 17.6 Å². The summed E-state index contributed by atoms with van der Waals surface area (Å²) in [4.78, 5) is 24.5. The molecule has 0 saturated carbocycles. The number of amidine groups is 1. The molecule has 0 spiro atoms. The van der Waals surface area contributed by atoms with Gasteiger partial charge in [0.25, 0.3) is 0 Å². The van der Waals surface area contributed by atoms with Crippen molar-refractivity contribution in [1.82, 2.24) is 19.9 Å². The van der Waals surface area contributed by atoms with E-state index < -0.39 is 21.3 Å². The SMILES string of the molecule is CC(N)=NCC[C@H]1CS(=O)(=O)C[C@@H](c2ccc(-n3cc4cc(-c5cc(CCCC(C)C)cc(Cl)c5F)[nH]c4nc3=O)cc2)N1. The minimum absolute atomic E-state index is 0.0128. The van der Waals surface area contributed by atoms with Gasteiger partial charge in [0.2, 0.25) is 0 Å². The fraction of sp³-hybridized carbons (Fsp3) is 0.406. The highest BCUT2D eigenvalue weighted by Gasteiger charge is 2.31. The topological polar surface area (TPSA) is 135 Å². The van der Waals surface area contributed by atoms with E-state index in [2.05, 4.69) is 34.1 Å². The summed E-state index contributed by atoms with van der Waals surface area (Å²) in [7, 11) is -3.26. The Balaban J connectivity index is 1.38. The summed E-state index contributed by atoms with van der Waals surface area (Å²) in [5.74, 6) is 0.561. The molecule has 1 aliphatic rings. The molecule has 1 saturated heterocycles. The Morgan fingerprint density at radius 3 is 2.66 bits per heavy atom. The van der Waals surface area contributed by atoms with Crippen molar-refractivity contribution in [2.45, 2.75) is 58.5 Å². The van der Waals surface area contributed by atoms with Crippen LogP contribution in [0.4, 0.5) is 4.39 Å². The highest BCUT2D eigenvalue weighted by molar-refractivity contribution is 7.91. The van der Waals surface area contributed by atoms with Crippen LogP contribution in [0.1, 0.15) is 57.2 Å². The maximum Gasteiger partial charge on any atom is 0.354 e. The number of sulfone groups is 1. The lowest BCUT2D eigenvalue weighted by atomic mass is 10.00. The number of nitrogens with zero attached hydrogens (tertiary/aromatic N) is 3. The van der Waals surface area contributed by atoms with Crippen LogP contribution in [0.25, 0.3) is 28.0 Å². The number of rotatable bonds is 10. The number of benzene rings is 2. The van der Waals surface area contributed by atoms with Crippen LogP contribution in [0.5, 0.6) is 0 Å². The lowest BCUT2D eigenvalue weighted by Crippen LogP contribution is -2.47. The zero-order valence-electron chi connectivity index (χ0n) is 25.1. The van der Waals surface area contributed by atoms with Crippen LogP contribution >= 0.6 is 11.6 Å². The van der Waals surface area contributed by atoms with Crippen LogP contribution in [0, 0.1) is 11.7 Å². The highest BCUT2D eigenvalue weighted by Crippen LogP contribution is 2.32. The second-order valence-electron chi connectivity index (χ2n) is 12.0. The fourth-order valence-corrected chi connectivity index (χ4v) is 7.71. The number of H-pyrrole nitrogens is 1. The van der Waals surface area contributed by atoms with E-state index in [-0.39, 0.29) is 28.6 Å². The van der Waals surface area contributed by atoms with Crippen molar-refractivity contribution in [3.8, 4) is 16.9 Å². The molecule has 0 unspecified atom stereocenters. The van der Waals surface area contributed by atoms with Gasteiger partial charge in [0, 0.05) is 35.8 Å². The zero-order valence-corrected chi connectivity index (χ0v) is 26.7. The quantitative estimate of drug-likeness (QED) is 0.158. The summed E-state index contributed by atoms with van der Waals surface area (Å²) in [6.07, 6.45) is 5.04. The van der Waals surface area contributed by atoms with Gasteiger partial charge in [-0.2, -0.15) is 4.98 Å². The monoisotopic (exact) mass is 640 g/mol. The fourth-order valence-electron chi connectivity index (χ4n) is 5.66. The summed E-state index contributed by atoms with van der Waals surface area (Å²) in [5.41, 5.74) is 8.58. The van der Waals surface area contributed by atoms with Gasteiger partial charge in [0.1, 0.15) is 5.65 Å². The molecule has 2 aromatic carbocycles. The summed E-state index contributed by atoms with van der Waals surface area (Å²) in [6.45, 7) is 6.49. The van der Waals surface area contributed by atoms with Gasteiger partial charge in [-0.3, -0.25) is 9.56 Å². The van der Waals surface area contributed by atoms with E-state index in [0.29, 0.717) is 52.7 Å². The van der Waals surface area contributed by atoms with Crippen molar-refractivity contribution in [2.75, 3.05) is 18.1 Å². The average Bonchev–Trinajstić information content (AvgIpc) is 3.36. The number of aromatic nitrogens is 3. The molecule has 234 valence electrons. The van der Waals surface area contributed by atoms with Crippen LogP contribution < -0.4 is 16.7 Å². The van der Waals surface area contributed by atoms with Crippen LogP contribution in [0.15, 0.2) is 58.4 Å². The second kappa shape index (κ2) is 13.2. The average molecular weight is 641 g/mol. The lowest BCUT2D eigenvalue weighted by Gasteiger charge is -2.31. The molecule has 0 radical (unpaired) electrons. The van der Waals surface area contributed by atoms with E-state index >= 15 is 4.39 Å². The van der Waals surface area contributed by atoms with Crippen molar-refractivity contribution < 1.29 is 12.8 Å². The second-order valence-corrected chi connectivity index (χ2v) is 14.6. The first-order valence-electron chi connectivity index (χ1n) is 14.8. The first-order valence-corrected chi connectivity index (χ1v) is 17.0. The van der Waals surface area contributed by atoms with Crippen LogP contribution in [0.3, 0.4) is 0 Å². The van der Waals surface area contributed by atoms with Crippen LogP contribution in [-0.4, -0.2) is 52.9 Å². The number of aliphatic imine (C=N–C) groups is 1. The number of halogens is 2. The molecule has 5 rings (SSSR count). The van der Waals surface area contributed by atoms with Crippen LogP contribution in [0.2, 0.25) is 5.02 Å². The molecular formula is C32H38ClFN6O3S. The van der Waals surface area contributed by atoms with E-state index in [4.69, 9.17) is 17.3 Å². The highest BCUT2D eigenvalue weighted by atomic mass is 35.5. The number of nitrogens with two attached hydrogens (primary N) is 1. The van der Waals surface area contributed by atoms with Gasteiger partial charge in [-0.15, -0.1) is 0 Å². The molecule has 4 N–H and O–H groups in total. The molecule has 2 atom stereocenters. The molecule has 4 aromatic rings. The molecule has 0 amide bonds. The minimum atomic E-state index is -3.26. The maximum absolute atomic E-state index is 15.1. The number of nitrogens with one attached hydrogen (secondary N) is 2. The normalized spacial score (nSPS) is 18.7. The van der Waals surface area contributed by atoms with Crippen molar-refractivity contribution in [3.05, 3.63) is 81.1 Å². The number of hydrogen-bond acceptors (Lipinski definition) is 6. The summed E-state index contributed by atoms with van der Waals surface area (Å²) in [5, 5.41) is 4.11. The molecule has 0 bridgehead atoms. The number of aromatic amines is 1. The summed E-state index contributed by atoms with van der Waals surface area (Å²) >= 11 is 6.26. The number of fused-ring (bicyclic) bond motifs is 1. The first kappa shape index (κ1) is 31.9.